The van der Waals surface area contributed by atoms with E-state index in [9.17, 15) is 4.79 Å². The Labute approximate surface area is 102 Å². The van der Waals surface area contributed by atoms with Crippen LogP contribution in [-0.2, 0) is 0 Å². The van der Waals surface area contributed by atoms with Crippen LogP contribution < -0.4 is 5.73 Å². The molecular weight excluding hydrogens is 214 g/mol. The molecule has 1 fully saturated rings. The van der Waals surface area contributed by atoms with E-state index in [4.69, 9.17) is 5.73 Å². The summed E-state index contributed by atoms with van der Waals surface area (Å²) in [4.78, 5) is 18.1. The summed E-state index contributed by atoms with van der Waals surface area (Å²) < 4.78 is 0. The Balaban J connectivity index is 2.08. The molecule has 17 heavy (non-hydrogen) atoms. The smallest absolute Gasteiger partial charge is 0.255 e. The Hall–Kier alpha value is -1.42. The summed E-state index contributed by atoms with van der Waals surface area (Å²) in [5, 5.41) is 0. The van der Waals surface area contributed by atoms with Crippen molar-refractivity contribution >= 4 is 5.91 Å². The van der Waals surface area contributed by atoms with Crippen LogP contribution in [0.3, 0.4) is 0 Å². The minimum absolute atomic E-state index is 0.0392. The lowest BCUT2D eigenvalue weighted by Crippen LogP contribution is -2.71. The topological polar surface area (TPSA) is 59.2 Å². The van der Waals surface area contributed by atoms with Gasteiger partial charge in [-0.3, -0.25) is 9.78 Å². The Morgan fingerprint density at radius 2 is 2.18 bits per heavy atom. The van der Waals surface area contributed by atoms with Gasteiger partial charge < -0.3 is 10.6 Å². The number of amides is 1. The molecule has 1 aliphatic rings. The fraction of sp³-hybridized carbons (Fsp3) is 0.538. The summed E-state index contributed by atoms with van der Waals surface area (Å²) in [6.45, 7) is 7.31. The van der Waals surface area contributed by atoms with E-state index in [-0.39, 0.29) is 11.4 Å². The second-order valence-corrected chi connectivity index (χ2v) is 5.19. The molecule has 1 saturated heterocycles. The molecule has 0 radical (unpaired) electrons. The maximum Gasteiger partial charge on any atom is 0.255 e. The maximum absolute atomic E-state index is 12.2. The molecule has 2 N–H and O–H groups in total. The molecule has 0 bridgehead atoms. The van der Waals surface area contributed by atoms with E-state index in [1.165, 1.54) is 0 Å². The normalized spacial score (nSPS) is 18.1. The van der Waals surface area contributed by atoms with Crippen LogP contribution in [0.4, 0.5) is 0 Å². The zero-order valence-corrected chi connectivity index (χ0v) is 10.6. The molecule has 1 amide bonds. The number of carbonyl (C=O) groups is 1. The van der Waals surface area contributed by atoms with Crippen LogP contribution >= 0.6 is 0 Å². The van der Waals surface area contributed by atoms with Crippen molar-refractivity contribution < 1.29 is 4.79 Å². The standard InChI is InChI=1S/C13H19N3O/c1-9(2)13(14)7-16(8-13)12(17)11-5-4-6-15-10(11)3/h4-6,9H,7-8,14H2,1-3H3. The van der Waals surface area contributed by atoms with Crippen LogP contribution in [0.1, 0.15) is 29.9 Å². The summed E-state index contributed by atoms with van der Waals surface area (Å²) in [5.41, 5.74) is 7.42. The number of aryl methyl sites for hydroxylation is 1. The highest BCUT2D eigenvalue weighted by molar-refractivity contribution is 5.95. The van der Waals surface area contributed by atoms with E-state index >= 15 is 0 Å². The van der Waals surface area contributed by atoms with E-state index in [0.29, 0.717) is 24.6 Å². The van der Waals surface area contributed by atoms with Crippen LogP contribution in [0.2, 0.25) is 0 Å². The van der Waals surface area contributed by atoms with Gasteiger partial charge >= 0.3 is 0 Å². The number of hydrogen-bond donors (Lipinski definition) is 1. The number of hydrogen-bond acceptors (Lipinski definition) is 3. The number of likely N-dealkylation sites (tertiary alicyclic amines) is 1. The molecule has 2 rings (SSSR count). The Morgan fingerprint density at radius 3 is 2.71 bits per heavy atom. The first kappa shape index (κ1) is 12.0. The molecular formula is C13H19N3O. The highest BCUT2D eigenvalue weighted by Gasteiger charge is 2.44. The zero-order chi connectivity index (χ0) is 12.6. The maximum atomic E-state index is 12.2. The van der Waals surface area contributed by atoms with Crippen molar-refractivity contribution in [3.63, 3.8) is 0 Å². The van der Waals surface area contributed by atoms with Gasteiger partial charge in [-0.15, -0.1) is 0 Å². The van der Waals surface area contributed by atoms with Gasteiger partial charge in [0, 0.05) is 25.0 Å². The van der Waals surface area contributed by atoms with Crippen LogP contribution in [0, 0.1) is 12.8 Å². The van der Waals surface area contributed by atoms with E-state index in [0.717, 1.165) is 5.69 Å². The van der Waals surface area contributed by atoms with Crippen molar-refractivity contribution in [1.29, 1.82) is 0 Å². The van der Waals surface area contributed by atoms with Crippen molar-refractivity contribution in [3.05, 3.63) is 29.6 Å². The Kier molecular flexibility index (Phi) is 2.91. The first-order chi connectivity index (χ1) is 7.94. The lowest BCUT2D eigenvalue weighted by molar-refractivity contribution is 0.0274. The first-order valence-electron chi connectivity index (χ1n) is 5.94. The van der Waals surface area contributed by atoms with Crippen molar-refractivity contribution in [2.45, 2.75) is 26.3 Å². The largest absolute Gasteiger partial charge is 0.335 e. The average Bonchev–Trinajstić information content (AvgIpc) is 2.24. The number of pyridine rings is 1. The van der Waals surface area contributed by atoms with E-state index in [2.05, 4.69) is 18.8 Å². The molecule has 4 heteroatoms. The van der Waals surface area contributed by atoms with Crippen LogP contribution in [0.15, 0.2) is 18.3 Å². The molecule has 1 aromatic rings. The quantitative estimate of drug-likeness (QED) is 0.835. The summed E-state index contributed by atoms with van der Waals surface area (Å²) in [5.74, 6) is 0.430. The van der Waals surface area contributed by atoms with Gasteiger partial charge in [-0.2, -0.15) is 0 Å². The monoisotopic (exact) mass is 233 g/mol. The van der Waals surface area contributed by atoms with E-state index < -0.39 is 0 Å². The molecule has 2 heterocycles. The van der Waals surface area contributed by atoms with Gasteiger partial charge in [0.2, 0.25) is 0 Å². The third-order valence-electron chi connectivity index (χ3n) is 3.64. The Morgan fingerprint density at radius 1 is 1.53 bits per heavy atom. The first-order valence-corrected chi connectivity index (χ1v) is 5.94. The van der Waals surface area contributed by atoms with Crippen LogP contribution in [-0.4, -0.2) is 34.4 Å². The summed E-state index contributed by atoms with van der Waals surface area (Å²) in [6.07, 6.45) is 1.70. The fourth-order valence-corrected chi connectivity index (χ4v) is 2.05. The van der Waals surface area contributed by atoms with Gasteiger partial charge in [0.05, 0.1) is 11.1 Å². The number of aromatic nitrogens is 1. The van der Waals surface area contributed by atoms with Gasteiger partial charge in [-0.1, -0.05) is 13.8 Å². The number of rotatable bonds is 2. The molecule has 0 spiro atoms. The zero-order valence-electron chi connectivity index (χ0n) is 10.6. The predicted octanol–water partition coefficient (Wildman–Crippen LogP) is 1.20. The van der Waals surface area contributed by atoms with Crippen LogP contribution in [0.25, 0.3) is 0 Å². The minimum atomic E-state index is -0.216. The molecule has 0 saturated carbocycles. The van der Waals surface area contributed by atoms with Crippen molar-refractivity contribution in [2.75, 3.05) is 13.1 Å². The average molecular weight is 233 g/mol. The second kappa shape index (κ2) is 4.11. The fourth-order valence-electron chi connectivity index (χ4n) is 2.05. The summed E-state index contributed by atoms with van der Waals surface area (Å²) >= 11 is 0. The van der Waals surface area contributed by atoms with Crippen molar-refractivity contribution in [3.8, 4) is 0 Å². The number of carbonyl (C=O) groups excluding carboxylic acids is 1. The molecule has 0 aliphatic carbocycles. The SMILES string of the molecule is Cc1ncccc1C(=O)N1CC(N)(C(C)C)C1. The molecule has 92 valence electrons. The molecule has 0 unspecified atom stereocenters. The minimum Gasteiger partial charge on any atom is -0.335 e. The Bertz CT molecular complexity index is 436. The lowest BCUT2D eigenvalue weighted by Gasteiger charge is -2.50. The van der Waals surface area contributed by atoms with E-state index in [1.807, 2.05) is 13.0 Å². The van der Waals surface area contributed by atoms with Gasteiger partial charge in [-0.25, -0.2) is 0 Å². The number of nitrogens with zero attached hydrogens (tertiary/aromatic N) is 2. The third-order valence-corrected chi connectivity index (χ3v) is 3.64. The molecule has 4 nitrogen and oxygen atoms in total. The third kappa shape index (κ3) is 2.05. The number of nitrogens with two attached hydrogens (primary N) is 1. The molecule has 1 aliphatic heterocycles. The van der Waals surface area contributed by atoms with Crippen molar-refractivity contribution in [2.24, 2.45) is 11.7 Å². The van der Waals surface area contributed by atoms with Gasteiger partial charge in [-0.05, 0) is 25.0 Å². The van der Waals surface area contributed by atoms with Crippen LogP contribution in [0.5, 0.6) is 0 Å². The van der Waals surface area contributed by atoms with Gasteiger partial charge in [0.25, 0.3) is 5.91 Å². The lowest BCUT2D eigenvalue weighted by atomic mass is 9.80. The summed E-state index contributed by atoms with van der Waals surface area (Å²) in [7, 11) is 0. The second-order valence-electron chi connectivity index (χ2n) is 5.19. The highest BCUT2D eigenvalue weighted by Crippen LogP contribution is 2.27. The van der Waals surface area contributed by atoms with Crippen molar-refractivity contribution in [1.82, 2.24) is 9.88 Å². The molecule has 0 atom stereocenters. The van der Waals surface area contributed by atoms with E-state index in [1.54, 1.807) is 17.2 Å². The van der Waals surface area contributed by atoms with Gasteiger partial charge in [0.15, 0.2) is 0 Å². The molecule has 0 aromatic carbocycles. The predicted molar refractivity (Wildman–Crippen MR) is 66.6 cm³/mol. The molecule has 1 aromatic heterocycles. The summed E-state index contributed by atoms with van der Waals surface area (Å²) in [6, 6.07) is 3.61. The van der Waals surface area contributed by atoms with Gasteiger partial charge in [0.1, 0.15) is 0 Å². The highest BCUT2D eigenvalue weighted by atomic mass is 16.2.